The maximum atomic E-state index is 5.22. The Morgan fingerprint density at radius 2 is 2.05 bits per heavy atom. The Morgan fingerprint density at radius 1 is 1.20 bits per heavy atom. The number of benzene rings is 1. The van der Waals surface area contributed by atoms with Gasteiger partial charge in [0.25, 0.3) is 0 Å². The van der Waals surface area contributed by atoms with Gasteiger partial charge in [-0.05, 0) is 42.3 Å². The number of pyridine rings is 1. The van der Waals surface area contributed by atoms with Gasteiger partial charge in [-0.15, -0.1) is 0 Å². The molecule has 0 aliphatic carbocycles. The molecule has 0 atom stereocenters. The Kier molecular flexibility index (Phi) is 3.78. The van der Waals surface area contributed by atoms with Gasteiger partial charge in [-0.1, -0.05) is 11.3 Å². The van der Waals surface area contributed by atoms with E-state index in [9.17, 15) is 0 Å². The second-order valence-electron chi connectivity index (χ2n) is 4.38. The number of nitrogens with one attached hydrogen (secondary N) is 1. The second-order valence-corrected chi connectivity index (χ2v) is 5.42. The van der Waals surface area contributed by atoms with Crippen molar-refractivity contribution in [3.05, 3.63) is 48.3 Å². The summed E-state index contributed by atoms with van der Waals surface area (Å²) in [7, 11) is 1.68. The number of nitrogens with zero attached hydrogens (tertiary/aromatic N) is 2. The fraction of sp³-hybridized carbons (Fsp3) is 0.200. The minimum atomic E-state index is 0.862. The largest absolute Gasteiger partial charge is 0.497 e. The van der Waals surface area contributed by atoms with E-state index in [1.807, 2.05) is 42.7 Å². The molecule has 20 heavy (non-hydrogen) atoms. The Balaban J connectivity index is 1.66. The topological polar surface area (TPSA) is 47.0 Å². The maximum Gasteiger partial charge on any atom is 0.183 e. The molecule has 3 aromatic rings. The Labute approximate surface area is 121 Å². The van der Waals surface area contributed by atoms with E-state index in [-0.39, 0.29) is 0 Å². The van der Waals surface area contributed by atoms with Crippen molar-refractivity contribution in [1.29, 1.82) is 0 Å². The Hall–Kier alpha value is -2.14. The highest BCUT2D eigenvalue weighted by Crippen LogP contribution is 2.28. The number of thiazole rings is 1. The van der Waals surface area contributed by atoms with Crippen LogP contribution in [0.2, 0.25) is 0 Å². The van der Waals surface area contributed by atoms with Gasteiger partial charge in [0.2, 0.25) is 0 Å². The van der Waals surface area contributed by atoms with E-state index < -0.39 is 0 Å². The fourth-order valence-corrected chi connectivity index (χ4v) is 2.89. The van der Waals surface area contributed by atoms with Crippen LogP contribution in [0.4, 0.5) is 5.13 Å². The summed E-state index contributed by atoms with van der Waals surface area (Å²) in [5, 5.41) is 4.31. The number of fused-ring (bicyclic) bond motifs is 1. The zero-order valence-electron chi connectivity index (χ0n) is 11.2. The zero-order valence-corrected chi connectivity index (χ0v) is 12.0. The monoisotopic (exact) mass is 285 g/mol. The molecule has 4 nitrogen and oxygen atoms in total. The molecule has 5 heteroatoms. The van der Waals surface area contributed by atoms with Crippen molar-refractivity contribution >= 4 is 26.7 Å². The first kappa shape index (κ1) is 12.9. The summed E-state index contributed by atoms with van der Waals surface area (Å²) >= 11 is 1.65. The summed E-state index contributed by atoms with van der Waals surface area (Å²) in [6.45, 7) is 0.862. The molecule has 0 saturated carbocycles. The first-order chi connectivity index (χ1) is 9.85. The predicted molar refractivity (Wildman–Crippen MR) is 82.6 cm³/mol. The second kappa shape index (κ2) is 5.88. The molecule has 1 N–H and O–H groups in total. The standard InChI is InChI=1S/C15H15N3OS/c1-19-12-2-3-13-14(10-12)20-15(18-13)17-9-6-11-4-7-16-8-5-11/h2-5,7-8,10H,6,9H2,1H3,(H,17,18). The SMILES string of the molecule is COc1ccc2nc(NCCc3ccncc3)sc2c1. The van der Waals surface area contributed by atoms with Crippen LogP contribution in [-0.2, 0) is 6.42 Å². The van der Waals surface area contributed by atoms with Crippen LogP contribution in [0.5, 0.6) is 5.75 Å². The van der Waals surface area contributed by atoms with Crippen LogP contribution in [0.3, 0.4) is 0 Å². The number of aromatic nitrogens is 2. The molecular formula is C15H15N3OS. The fourth-order valence-electron chi connectivity index (χ4n) is 1.97. The van der Waals surface area contributed by atoms with Crippen LogP contribution in [0.1, 0.15) is 5.56 Å². The first-order valence-electron chi connectivity index (χ1n) is 6.42. The van der Waals surface area contributed by atoms with Crippen LogP contribution >= 0.6 is 11.3 Å². The molecule has 0 saturated heterocycles. The lowest BCUT2D eigenvalue weighted by Crippen LogP contribution is -2.04. The van der Waals surface area contributed by atoms with Crippen molar-refractivity contribution in [1.82, 2.24) is 9.97 Å². The molecule has 0 aliphatic heterocycles. The molecule has 102 valence electrons. The molecule has 0 bridgehead atoms. The van der Waals surface area contributed by atoms with Crippen LogP contribution in [0.25, 0.3) is 10.2 Å². The number of rotatable bonds is 5. The lowest BCUT2D eigenvalue weighted by Gasteiger charge is -2.01. The van der Waals surface area contributed by atoms with E-state index in [0.29, 0.717) is 0 Å². The summed E-state index contributed by atoms with van der Waals surface area (Å²) in [4.78, 5) is 8.57. The summed E-state index contributed by atoms with van der Waals surface area (Å²) in [6, 6.07) is 10.00. The normalized spacial score (nSPS) is 10.7. The van der Waals surface area contributed by atoms with Gasteiger partial charge < -0.3 is 10.1 Å². The molecule has 0 amide bonds. The molecule has 0 spiro atoms. The van der Waals surface area contributed by atoms with Crippen molar-refractivity contribution in [2.75, 3.05) is 19.0 Å². The van der Waals surface area contributed by atoms with Crippen LogP contribution in [0.15, 0.2) is 42.7 Å². The molecular weight excluding hydrogens is 270 g/mol. The minimum absolute atomic E-state index is 0.862. The lowest BCUT2D eigenvalue weighted by atomic mass is 10.2. The van der Waals surface area contributed by atoms with Gasteiger partial charge in [-0.2, -0.15) is 0 Å². The number of ether oxygens (including phenoxy) is 1. The van der Waals surface area contributed by atoms with Gasteiger partial charge in [0.15, 0.2) is 5.13 Å². The molecule has 2 aromatic heterocycles. The lowest BCUT2D eigenvalue weighted by molar-refractivity contribution is 0.415. The number of anilines is 1. The average Bonchev–Trinajstić information content (AvgIpc) is 2.90. The Morgan fingerprint density at radius 3 is 2.85 bits per heavy atom. The quantitative estimate of drug-likeness (QED) is 0.781. The number of hydrogen-bond acceptors (Lipinski definition) is 5. The Bertz CT molecular complexity index is 697. The smallest absolute Gasteiger partial charge is 0.183 e. The van der Waals surface area contributed by atoms with Crippen molar-refractivity contribution < 1.29 is 4.74 Å². The van der Waals surface area contributed by atoms with Crippen LogP contribution in [0, 0.1) is 0 Å². The van der Waals surface area contributed by atoms with E-state index in [1.54, 1.807) is 18.4 Å². The van der Waals surface area contributed by atoms with Gasteiger partial charge in [-0.3, -0.25) is 4.98 Å². The highest BCUT2D eigenvalue weighted by Gasteiger charge is 2.04. The highest BCUT2D eigenvalue weighted by atomic mass is 32.1. The number of hydrogen-bond donors (Lipinski definition) is 1. The molecule has 1 aromatic carbocycles. The van der Waals surface area contributed by atoms with E-state index >= 15 is 0 Å². The van der Waals surface area contributed by atoms with Gasteiger partial charge in [0.1, 0.15) is 5.75 Å². The van der Waals surface area contributed by atoms with Crippen LogP contribution < -0.4 is 10.1 Å². The van der Waals surface area contributed by atoms with E-state index in [4.69, 9.17) is 4.74 Å². The predicted octanol–water partition coefficient (Wildman–Crippen LogP) is 3.35. The average molecular weight is 285 g/mol. The van der Waals surface area contributed by atoms with Crippen LogP contribution in [-0.4, -0.2) is 23.6 Å². The van der Waals surface area contributed by atoms with Gasteiger partial charge >= 0.3 is 0 Å². The van der Waals surface area contributed by atoms with Crippen molar-refractivity contribution in [3.8, 4) is 5.75 Å². The summed E-state index contributed by atoms with van der Waals surface area (Å²) in [5.74, 6) is 0.865. The third-order valence-electron chi connectivity index (χ3n) is 3.03. The zero-order chi connectivity index (χ0) is 13.8. The van der Waals surface area contributed by atoms with Crippen molar-refractivity contribution in [2.24, 2.45) is 0 Å². The molecule has 0 radical (unpaired) electrons. The third kappa shape index (κ3) is 2.88. The minimum Gasteiger partial charge on any atom is -0.497 e. The van der Waals surface area contributed by atoms with Crippen molar-refractivity contribution in [3.63, 3.8) is 0 Å². The molecule has 2 heterocycles. The summed E-state index contributed by atoms with van der Waals surface area (Å²) < 4.78 is 6.36. The van der Waals surface area contributed by atoms with E-state index in [1.165, 1.54) is 5.56 Å². The molecule has 0 unspecified atom stereocenters. The summed E-state index contributed by atoms with van der Waals surface area (Å²) in [6.07, 6.45) is 4.60. The van der Waals surface area contributed by atoms with Gasteiger partial charge in [0, 0.05) is 18.9 Å². The molecule has 0 fully saturated rings. The summed E-state index contributed by atoms with van der Waals surface area (Å²) in [5.41, 5.74) is 2.28. The van der Waals surface area contributed by atoms with Gasteiger partial charge in [-0.25, -0.2) is 4.98 Å². The van der Waals surface area contributed by atoms with E-state index in [0.717, 1.165) is 34.1 Å². The van der Waals surface area contributed by atoms with Crippen molar-refractivity contribution in [2.45, 2.75) is 6.42 Å². The van der Waals surface area contributed by atoms with Gasteiger partial charge in [0.05, 0.1) is 17.3 Å². The first-order valence-corrected chi connectivity index (χ1v) is 7.24. The third-order valence-corrected chi connectivity index (χ3v) is 4.01. The molecule has 0 aliphatic rings. The molecule has 3 rings (SSSR count). The maximum absolute atomic E-state index is 5.22. The number of methoxy groups -OCH3 is 1. The van der Waals surface area contributed by atoms with E-state index in [2.05, 4.69) is 15.3 Å². The highest BCUT2D eigenvalue weighted by molar-refractivity contribution is 7.22.